The van der Waals surface area contributed by atoms with Crippen LogP contribution in [0.5, 0.6) is 0 Å². The highest BCUT2D eigenvalue weighted by molar-refractivity contribution is 5.55. The third-order valence-electron chi connectivity index (χ3n) is 3.43. The van der Waals surface area contributed by atoms with Gasteiger partial charge >= 0.3 is 0 Å². The molecule has 2 bridgehead atoms. The van der Waals surface area contributed by atoms with Crippen LogP contribution >= 0.6 is 0 Å². The second-order valence-electron chi connectivity index (χ2n) is 4.42. The number of ether oxygens (including phenoxy) is 1. The van der Waals surface area contributed by atoms with Gasteiger partial charge in [0.1, 0.15) is 0 Å². The Morgan fingerprint density at radius 1 is 1.07 bits per heavy atom. The van der Waals surface area contributed by atoms with Gasteiger partial charge in [-0.3, -0.25) is 0 Å². The van der Waals surface area contributed by atoms with E-state index in [2.05, 4.69) is 17.0 Å². The SMILES string of the molecule is Nc1ccc(N2C3CCC2COC3)cc1. The first-order chi connectivity index (χ1) is 7.34. The zero-order chi connectivity index (χ0) is 10.3. The third kappa shape index (κ3) is 1.47. The molecule has 15 heavy (non-hydrogen) atoms. The number of rotatable bonds is 1. The molecule has 1 aromatic rings. The van der Waals surface area contributed by atoms with Crippen molar-refractivity contribution in [1.29, 1.82) is 0 Å². The van der Waals surface area contributed by atoms with E-state index in [4.69, 9.17) is 10.5 Å². The maximum Gasteiger partial charge on any atom is 0.0671 e. The molecule has 2 N–H and O–H groups in total. The van der Waals surface area contributed by atoms with Gasteiger partial charge in [-0.05, 0) is 37.1 Å². The molecular weight excluding hydrogens is 188 g/mol. The highest BCUT2D eigenvalue weighted by Crippen LogP contribution is 2.33. The van der Waals surface area contributed by atoms with Crippen LogP contribution in [0.3, 0.4) is 0 Å². The van der Waals surface area contributed by atoms with Gasteiger partial charge in [-0.2, -0.15) is 0 Å². The number of nitrogens with two attached hydrogens (primary N) is 1. The number of anilines is 2. The smallest absolute Gasteiger partial charge is 0.0671 e. The topological polar surface area (TPSA) is 38.5 Å². The number of hydrogen-bond acceptors (Lipinski definition) is 3. The molecule has 2 unspecified atom stereocenters. The van der Waals surface area contributed by atoms with E-state index in [1.807, 2.05) is 12.1 Å². The molecule has 2 fully saturated rings. The van der Waals surface area contributed by atoms with Crippen LogP contribution in [0.25, 0.3) is 0 Å². The summed E-state index contributed by atoms with van der Waals surface area (Å²) in [4.78, 5) is 2.50. The summed E-state index contributed by atoms with van der Waals surface area (Å²) in [5.74, 6) is 0. The first-order valence-electron chi connectivity index (χ1n) is 5.56. The number of fused-ring (bicyclic) bond motifs is 2. The molecule has 1 aromatic carbocycles. The van der Waals surface area contributed by atoms with E-state index in [9.17, 15) is 0 Å². The minimum atomic E-state index is 0.576. The fraction of sp³-hybridized carbons (Fsp3) is 0.500. The lowest BCUT2D eigenvalue weighted by molar-refractivity contribution is 0.0906. The monoisotopic (exact) mass is 204 g/mol. The zero-order valence-electron chi connectivity index (χ0n) is 8.73. The molecule has 0 spiro atoms. The Morgan fingerprint density at radius 3 is 2.27 bits per heavy atom. The molecule has 0 amide bonds. The van der Waals surface area contributed by atoms with Gasteiger partial charge < -0.3 is 15.4 Å². The van der Waals surface area contributed by atoms with Gasteiger partial charge in [0.2, 0.25) is 0 Å². The highest BCUT2D eigenvalue weighted by Gasteiger charge is 2.37. The van der Waals surface area contributed by atoms with Crippen LogP contribution in [-0.4, -0.2) is 25.3 Å². The van der Waals surface area contributed by atoms with Gasteiger partial charge in [0.15, 0.2) is 0 Å². The molecule has 2 aliphatic heterocycles. The largest absolute Gasteiger partial charge is 0.399 e. The van der Waals surface area contributed by atoms with Crippen molar-refractivity contribution in [2.75, 3.05) is 23.8 Å². The quantitative estimate of drug-likeness (QED) is 0.707. The minimum Gasteiger partial charge on any atom is -0.399 e. The van der Waals surface area contributed by atoms with Crippen molar-refractivity contribution in [3.05, 3.63) is 24.3 Å². The number of nitrogen functional groups attached to an aromatic ring is 1. The average Bonchev–Trinajstić information content (AvgIpc) is 2.51. The van der Waals surface area contributed by atoms with E-state index in [0.717, 1.165) is 18.9 Å². The molecule has 80 valence electrons. The molecule has 0 radical (unpaired) electrons. The van der Waals surface area contributed by atoms with Crippen molar-refractivity contribution >= 4 is 11.4 Å². The van der Waals surface area contributed by atoms with E-state index in [1.165, 1.54) is 18.5 Å². The van der Waals surface area contributed by atoms with E-state index in [-0.39, 0.29) is 0 Å². The summed E-state index contributed by atoms with van der Waals surface area (Å²) in [6.45, 7) is 1.75. The lowest BCUT2D eigenvalue weighted by Gasteiger charge is -2.36. The second-order valence-corrected chi connectivity index (χ2v) is 4.42. The highest BCUT2D eigenvalue weighted by atomic mass is 16.5. The molecule has 2 atom stereocenters. The standard InChI is InChI=1S/C12H16N2O/c13-9-1-3-10(4-2-9)14-11-5-6-12(14)8-15-7-11/h1-4,11-12H,5-8,13H2. The summed E-state index contributed by atoms with van der Waals surface area (Å²) in [6.07, 6.45) is 2.52. The van der Waals surface area contributed by atoms with Crippen LogP contribution in [0, 0.1) is 0 Å². The first kappa shape index (κ1) is 9.04. The number of nitrogens with zero attached hydrogens (tertiary/aromatic N) is 1. The molecule has 2 aliphatic rings. The molecule has 0 saturated carbocycles. The molecule has 3 heteroatoms. The Hall–Kier alpha value is -1.22. The Labute approximate surface area is 89.8 Å². The molecule has 3 rings (SSSR count). The summed E-state index contributed by atoms with van der Waals surface area (Å²) in [6, 6.07) is 9.34. The Morgan fingerprint density at radius 2 is 1.67 bits per heavy atom. The summed E-state index contributed by atoms with van der Waals surface area (Å²) < 4.78 is 5.57. The van der Waals surface area contributed by atoms with Crippen molar-refractivity contribution in [2.45, 2.75) is 24.9 Å². The zero-order valence-corrected chi connectivity index (χ0v) is 8.73. The molecule has 3 nitrogen and oxygen atoms in total. The van der Waals surface area contributed by atoms with Gasteiger partial charge in [0.05, 0.1) is 25.3 Å². The minimum absolute atomic E-state index is 0.576. The molecule has 2 saturated heterocycles. The first-order valence-corrected chi connectivity index (χ1v) is 5.56. The summed E-state index contributed by atoms with van der Waals surface area (Å²) in [5.41, 5.74) is 7.82. The Kier molecular flexibility index (Phi) is 2.06. The van der Waals surface area contributed by atoms with Gasteiger partial charge in [-0.25, -0.2) is 0 Å². The third-order valence-corrected chi connectivity index (χ3v) is 3.43. The maximum atomic E-state index is 5.70. The lowest BCUT2D eigenvalue weighted by Crippen LogP contribution is -2.45. The van der Waals surface area contributed by atoms with Crippen LogP contribution in [0.1, 0.15) is 12.8 Å². The molecule has 0 aliphatic carbocycles. The predicted molar refractivity (Wildman–Crippen MR) is 61.0 cm³/mol. The number of hydrogen-bond donors (Lipinski definition) is 1. The van der Waals surface area contributed by atoms with Gasteiger partial charge in [-0.1, -0.05) is 0 Å². The normalized spacial score (nSPS) is 29.5. The summed E-state index contributed by atoms with van der Waals surface area (Å²) in [5, 5.41) is 0. The van der Waals surface area contributed by atoms with Crippen molar-refractivity contribution in [3.63, 3.8) is 0 Å². The van der Waals surface area contributed by atoms with Crippen molar-refractivity contribution in [3.8, 4) is 0 Å². The van der Waals surface area contributed by atoms with Crippen LogP contribution in [0.2, 0.25) is 0 Å². The average molecular weight is 204 g/mol. The van der Waals surface area contributed by atoms with Crippen LogP contribution in [0.4, 0.5) is 11.4 Å². The Balaban J connectivity index is 1.90. The van der Waals surface area contributed by atoms with Crippen molar-refractivity contribution < 1.29 is 4.74 Å². The van der Waals surface area contributed by atoms with Gasteiger partial charge in [0.25, 0.3) is 0 Å². The molecular formula is C12H16N2O. The van der Waals surface area contributed by atoms with Gasteiger partial charge in [0, 0.05) is 11.4 Å². The number of morpholine rings is 1. The maximum absolute atomic E-state index is 5.70. The van der Waals surface area contributed by atoms with E-state index < -0.39 is 0 Å². The fourth-order valence-corrected chi connectivity index (χ4v) is 2.70. The summed E-state index contributed by atoms with van der Waals surface area (Å²) >= 11 is 0. The van der Waals surface area contributed by atoms with Crippen LogP contribution < -0.4 is 10.6 Å². The van der Waals surface area contributed by atoms with E-state index in [1.54, 1.807) is 0 Å². The fourth-order valence-electron chi connectivity index (χ4n) is 2.70. The van der Waals surface area contributed by atoms with Crippen molar-refractivity contribution in [2.24, 2.45) is 0 Å². The van der Waals surface area contributed by atoms with E-state index >= 15 is 0 Å². The number of benzene rings is 1. The van der Waals surface area contributed by atoms with Gasteiger partial charge in [-0.15, -0.1) is 0 Å². The molecule has 2 heterocycles. The van der Waals surface area contributed by atoms with Crippen LogP contribution in [0.15, 0.2) is 24.3 Å². The van der Waals surface area contributed by atoms with Crippen LogP contribution in [-0.2, 0) is 4.74 Å². The molecule has 0 aromatic heterocycles. The van der Waals surface area contributed by atoms with Crippen molar-refractivity contribution in [1.82, 2.24) is 0 Å². The predicted octanol–water partition coefficient (Wildman–Crippen LogP) is 1.64. The summed E-state index contributed by atoms with van der Waals surface area (Å²) in [7, 11) is 0. The second kappa shape index (κ2) is 3.42. The Bertz CT molecular complexity index is 333. The lowest BCUT2D eigenvalue weighted by atomic mass is 10.2. The van der Waals surface area contributed by atoms with E-state index in [0.29, 0.717) is 12.1 Å².